The minimum atomic E-state index is -3.77. The summed E-state index contributed by atoms with van der Waals surface area (Å²) in [6.45, 7) is 0.326. The second kappa shape index (κ2) is 8.01. The van der Waals surface area contributed by atoms with Crippen molar-refractivity contribution in [3.63, 3.8) is 0 Å². The number of ether oxygens (including phenoxy) is 2. The Balaban J connectivity index is 1.65. The van der Waals surface area contributed by atoms with Crippen LogP contribution in [-0.2, 0) is 21.1 Å². The maximum Gasteiger partial charge on any atom is 0.241 e. The molecule has 0 saturated heterocycles. The summed E-state index contributed by atoms with van der Waals surface area (Å²) >= 11 is 5.83. The van der Waals surface area contributed by atoms with E-state index in [0.717, 1.165) is 5.56 Å². The van der Waals surface area contributed by atoms with E-state index in [1.165, 1.54) is 24.3 Å². The largest absolute Gasteiger partial charge is 0.493 e. The van der Waals surface area contributed by atoms with Gasteiger partial charge in [-0.25, -0.2) is 8.42 Å². The summed E-state index contributed by atoms with van der Waals surface area (Å²) in [6, 6.07) is 11.4. The maximum atomic E-state index is 12.9. The number of hydrogen-bond acceptors (Lipinski definition) is 5. The van der Waals surface area contributed by atoms with Gasteiger partial charge >= 0.3 is 0 Å². The number of amides is 1. The molecule has 1 saturated carbocycles. The molecule has 0 unspecified atom stereocenters. The van der Waals surface area contributed by atoms with E-state index >= 15 is 0 Å². The number of rotatable bonds is 8. The first-order valence-electron chi connectivity index (χ1n) is 8.83. The lowest BCUT2D eigenvalue weighted by atomic mass is 10.1. The number of sulfone groups is 1. The van der Waals surface area contributed by atoms with Crippen LogP contribution < -0.4 is 14.8 Å². The van der Waals surface area contributed by atoms with Crippen LogP contribution in [0.25, 0.3) is 0 Å². The van der Waals surface area contributed by atoms with Gasteiger partial charge in [-0.15, -0.1) is 0 Å². The van der Waals surface area contributed by atoms with Crippen LogP contribution in [0, 0.1) is 0 Å². The van der Waals surface area contributed by atoms with Crippen molar-refractivity contribution in [3.05, 3.63) is 53.1 Å². The number of halogens is 1. The zero-order valence-electron chi connectivity index (χ0n) is 15.7. The lowest BCUT2D eigenvalue weighted by Gasteiger charge is -2.17. The Hall–Kier alpha value is -2.25. The number of hydrogen-bond donors (Lipinski definition) is 1. The van der Waals surface area contributed by atoms with Crippen LogP contribution in [0.5, 0.6) is 11.5 Å². The topological polar surface area (TPSA) is 81.7 Å². The van der Waals surface area contributed by atoms with Crippen LogP contribution in [0.3, 0.4) is 0 Å². The van der Waals surface area contributed by atoms with Crippen molar-refractivity contribution in [2.45, 2.75) is 28.9 Å². The van der Waals surface area contributed by atoms with Crippen LogP contribution in [0.15, 0.2) is 47.4 Å². The molecule has 0 bridgehead atoms. The van der Waals surface area contributed by atoms with Crippen molar-refractivity contribution in [2.75, 3.05) is 20.8 Å². The van der Waals surface area contributed by atoms with Gasteiger partial charge in [0, 0.05) is 11.6 Å². The molecule has 2 aromatic carbocycles. The molecule has 28 heavy (non-hydrogen) atoms. The molecule has 3 rings (SSSR count). The Morgan fingerprint density at radius 2 is 1.71 bits per heavy atom. The van der Waals surface area contributed by atoms with E-state index in [-0.39, 0.29) is 4.90 Å². The molecule has 0 aliphatic heterocycles. The highest BCUT2D eigenvalue weighted by atomic mass is 35.5. The summed E-state index contributed by atoms with van der Waals surface area (Å²) < 4.78 is 34.9. The predicted molar refractivity (Wildman–Crippen MR) is 107 cm³/mol. The molecule has 150 valence electrons. The molecule has 6 nitrogen and oxygen atoms in total. The van der Waals surface area contributed by atoms with E-state index in [4.69, 9.17) is 21.1 Å². The van der Waals surface area contributed by atoms with E-state index in [2.05, 4.69) is 5.32 Å². The Morgan fingerprint density at radius 3 is 2.29 bits per heavy atom. The Kier molecular flexibility index (Phi) is 5.86. The second-order valence-corrected chi connectivity index (χ2v) is 9.34. The summed E-state index contributed by atoms with van der Waals surface area (Å²) in [5.74, 6) is 0.777. The van der Waals surface area contributed by atoms with Gasteiger partial charge in [-0.3, -0.25) is 4.79 Å². The van der Waals surface area contributed by atoms with Gasteiger partial charge < -0.3 is 14.8 Å². The fraction of sp³-hybridized carbons (Fsp3) is 0.350. The first-order chi connectivity index (χ1) is 13.3. The number of benzene rings is 2. The summed E-state index contributed by atoms with van der Waals surface area (Å²) in [5, 5.41) is 3.22. The van der Waals surface area contributed by atoms with E-state index in [1.807, 2.05) is 12.1 Å². The van der Waals surface area contributed by atoms with Crippen molar-refractivity contribution >= 4 is 27.3 Å². The molecular formula is C20H22ClNO5S. The summed E-state index contributed by atoms with van der Waals surface area (Å²) in [6.07, 6.45) is 1.18. The molecule has 1 amide bonds. The zero-order chi connectivity index (χ0) is 20.4. The number of nitrogens with one attached hydrogen (secondary N) is 1. The molecule has 0 atom stereocenters. The highest BCUT2D eigenvalue weighted by molar-refractivity contribution is 7.94. The monoisotopic (exact) mass is 423 g/mol. The lowest BCUT2D eigenvalue weighted by molar-refractivity contribution is -0.121. The Labute approximate surface area is 169 Å². The standard InChI is InChI=1S/C20H22ClNO5S/c1-26-17-8-3-14(13-18(17)27-2)9-12-22-19(23)20(10-11-20)28(24,25)16-6-4-15(21)5-7-16/h3-8,13H,9-12H2,1-2H3,(H,22,23). The third kappa shape index (κ3) is 3.82. The molecule has 8 heteroatoms. The summed E-state index contributed by atoms with van der Waals surface area (Å²) in [7, 11) is -0.644. The normalized spacial score (nSPS) is 15.0. The van der Waals surface area contributed by atoms with Crippen LogP contribution in [0.1, 0.15) is 18.4 Å². The molecule has 0 spiro atoms. The van der Waals surface area contributed by atoms with Gasteiger partial charge in [0.05, 0.1) is 19.1 Å². The van der Waals surface area contributed by atoms with E-state index in [1.54, 1.807) is 20.3 Å². The van der Waals surface area contributed by atoms with Gasteiger partial charge in [0.2, 0.25) is 5.91 Å². The average Bonchev–Trinajstić information content (AvgIpc) is 3.50. The van der Waals surface area contributed by atoms with Crippen molar-refractivity contribution in [1.82, 2.24) is 5.32 Å². The van der Waals surface area contributed by atoms with Crippen molar-refractivity contribution < 1.29 is 22.7 Å². The molecule has 0 radical (unpaired) electrons. The number of carbonyl (C=O) groups excluding carboxylic acids is 1. The third-order valence-corrected chi connectivity index (χ3v) is 7.67. The van der Waals surface area contributed by atoms with Crippen LogP contribution in [0.4, 0.5) is 0 Å². The minimum Gasteiger partial charge on any atom is -0.493 e. The van der Waals surface area contributed by atoms with Gasteiger partial charge in [-0.2, -0.15) is 0 Å². The quantitative estimate of drug-likeness (QED) is 0.705. The fourth-order valence-corrected chi connectivity index (χ4v) is 5.12. The first-order valence-corrected chi connectivity index (χ1v) is 10.7. The van der Waals surface area contributed by atoms with Crippen LogP contribution in [0.2, 0.25) is 5.02 Å². The summed E-state index contributed by atoms with van der Waals surface area (Å²) in [4.78, 5) is 12.8. The van der Waals surface area contributed by atoms with Crippen molar-refractivity contribution in [3.8, 4) is 11.5 Å². The van der Waals surface area contributed by atoms with Crippen LogP contribution in [-0.4, -0.2) is 39.8 Å². The third-order valence-electron chi connectivity index (χ3n) is 4.90. The average molecular weight is 424 g/mol. The fourth-order valence-electron chi connectivity index (χ4n) is 3.09. The molecule has 0 heterocycles. The molecule has 1 aliphatic rings. The van der Waals surface area contributed by atoms with Crippen LogP contribution >= 0.6 is 11.6 Å². The Morgan fingerprint density at radius 1 is 1.07 bits per heavy atom. The van der Waals surface area contributed by atoms with Crippen molar-refractivity contribution in [2.24, 2.45) is 0 Å². The SMILES string of the molecule is COc1ccc(CCNC(=O)C2(S(=O)(=O)c3ccc(Cl)cc3)CC2)cc1OC. The van der Waals surface area contributed by atoms with E-state index in [9.17, 15) is 13.2 Å². The molecule has 1 aliphatic carbocycles. The molecule has 0 aromatic heterocycles. The van der Waals surface area contributed by atoms with Gasteiger partial charge in [-0.05, 0) is 61.2 Å². The van der Waals surface area contributed by atoms with Gasteiger partial charge in [-0.1, -0.05) is 17.7 Å². The van der Waals surface area contributed by atoms with Gasteiger partial charge in [0.25, 0.3) is 0 Å². The number of carbonyl (C=O) groups is 1. The van der Waals surface area contributed by atoms with Gasteiger partial charge in [0.15, 0.2) is 26.1 Å². The number of methoxy groups -OCH3 is 2. The van der Waals surface area contributed by atoms with Gasteiger partial charge in [0.1, 0.15) is 0 Å². The predicted octanol–water partition coefficient (Wildman–Crippen LogP) is 3.02. The molecule has 2 aromatic rings. The summed E-state index contributed by atoms with van der Waals surface area (Å²) in [5.41, 5.74) is 0.948. The Bertz CT molecular complexity index is 969. The second-order valence-electron chi connectivity index (χ2n) is 6.65. The van der Waals surface area contributed by atoms with Crippen molar-refractivity contribution in [1.29, 1.82) is 0 Å². The molecular weight excluding hydrogens is 402 g/mol. The first kappa shape index (κ1) is 20.5. The van der Waals surface area contributed by atoms with E-state index in [0.29, 0.717) is 42.3 Å². The highest BCUT2D eigenvalue weighted by Gasteiger charge is 2.61. The smallest absolute Gasteiger partial charge is 0.241 e. The van der Waals surface area contributed by atoms with E-state index < -0.39 is 20.5 Å². The highest BCUT2D eigenvalue weighted by Crippen LogP contribution is 2.47. The minimum absolute atomic E-state index is 0.115. The molecule has 1 N–H and O–H groups in total. The molecule has 1 fully saturated rings. The zero-order valence-corrected chi connectivity index (χ0v) is 17.3. The maximum absolute atomic E-state index is 12.9. The lowest BCUT2D eigenvalue weighted by Crippen LogP contribution is -2.42.